The molecule has 0 amide bonds. The third-order valence-corrected chi connectivity index (χ3v) is 1.91. The largest absolute Gasteiger partial charge is 0.422 e. The molecule has 0 unspecified atom stereocenters. The molecule has 1 atom stereocenters. The molecule has 2 N–H and O–H groups in total. The third-order valence-electron chi connectivity index (χ3n) is 1.91. The van der Waals surface area contributed by atoms with Gasteiger partial charge >= 0.3 is 0 Å². The molecule has 0 saturated carbocycles. The Kier molecular flexibility index (Phi) is 2.87. The van der Waals surface area contributed by atoms with E-state index in [1.807, 2.05) is 26.8 Å². The summed E-state index contributed by atoms with van der Waals surface area (Å²) in [5.74, 6) is 0.713. The molecule has 0 aliphatic heterocycles. The molecule has 0 fully saturated rings. The van der Waals surface area contributed by atoms with E-state index in [0.29, 0.717) is 11.8 Å². The number of rotatable bonds is 2. The van der Waals surface area contributed by atoms with Crippen molar-refractivity contribution in [3.63, 3.8) is 0 Å². The van der Waals surface area contributed by atoms with Crippen LogP contribution >= 0.6 is 0 Å². The van der Waals surface area contributed by atoms with Gasteiger partial charge < -0.3 is 10.2 Å². The molecule has 0 radical (unpaired) electrons. The average Bonchev–Trinajstić information content (AvgIpc) is 2.50. The highest BCUT2D eigenvalue weighted by molar-refractivity contribution is 4.96. The number of nitriles is 1. The van der Waals surface area contributed by atoms with Gasteiger partial charge in [-0.2, -0.15) is 5.26 Å². The van der Waals surface area contributed by atoms with Gasteiger partial charge in [-0.05, 0) is 5.41 Å². The lowest BCUT2D eigenvalue weighted by Gasteiger charge is -2.23. The maximum atomic E-state index is 8.42. The molecule has 1 rings (SSSR count). The Morgan fingerprint density at radius 2 is 2.14 bits per heavy atom. The summed E-state index contributed by atoms with van der Waals surface area (Å²) < 4.78 is 5.24. The second kappa shape index (κ2) is 3.76. The van der Waals surface area contributed by atoms with Crippen LogP contribution in [0.15, 0.2) is 4.42 Å². The zero-order valence-electron chi connectivity index (χ0n) is 8.61. The Balaban J connectivity index is 2.82. The molecule has 0 saturated heterocycles. The zero-order chi connectivity index (χ0) is 10.8. The van der Waals surface area contributed by atoms with Gasteiger partial charge in [-0.15, -0.1) is 10.2 Å². The van der Waals surface area contributed by atoms with Crippen molar-refractivity contribution in [2.75, 3.05) is 0 Å². The lowest BCUT2D eigenvalue weighted by molar-refractivity contribution is 0.273. The number of hydrogen-bond donors (Lipinski definition) is 1. The lowest BCUT2D eigenvalue weighted by atomic mass is 9.87. The van der Waals surface area contributed by atoms with E-state index in [1.165, 1.54) is 0 Å². The normalized spacial score (nSPS) is 13.6. The third kappa shape index (κ3) is 2.30. The van der Waals surface area contributed by atoms with E-state index < -0.39 is 0 Å². The minimum Gasteiger partial charge on any atom is -0.422 e. The Hall–Kier alpha value is -1.41. The summed E-state index contributed by atoms with van der Waals surface area (Å²) in [5.41, 5.74) is 5.77. The van der Waals surface area contributed by atoms with Crippen LogP contribution in [-0.4, -0.2) is 10.2 Å². The molecule has 5 nitrogen and oxygen atoms in total. The van der Waals surface area contributed by atoms with Crippen LogP contribution in [0.5, 0.6) is 0 Å². The summed E-state index contributed by atoms with van der Waals surface area (Å²) in [6.45, 7) is 5.98. The van der Waals surface area contributed by atoms with Crippen molar-refractivity contribution in [2.24, 2.45) is 11.1 Å². The fraction of sp³-hybridized carbons (Fsp3) is 0.667. The molecule has 0 aromatic carbocycles. The predicted octanol–water partition coefficient (Wildman–Crippen LogP) is 1.18. The van der Waals surface area contributed by atoms with Gasteiger partial charge in [0.1, 0.15) is 6.42 Å². The Labute approximate surface area is 82.9 Å². The van der Waals surface area contributed by atoms with E-state index in [1.54, 1.807) is 0 Å². The fourth-order valence-corrected chi connectivity index (χ4v) is 0.902. The van der Waals surface area contributed by atoms with Crippen LogP contribution in [0.25, 0.3) is 0 Å². The van der Waals surface area contributed by atoms with Crippen LogP contribution in [0, 0.1) is 16.7 Å². The highest BCUT2D eigenvalue weighted by Gasteiger charge is 2.27. The summed E-state index contributed by atoms with van der Waals surface area (Å²) in [6.07, 6.45) is 0.129. The van der Waals surface area contributed by atoms with Gasteiger partial charge in [-0.3, -0.25) is 0 Å². The van der Waals surface area contributed by atoms with Gasteiger partial charge in [0.15, 0.2) is 0 Å². The van der Waals surface area contributed by atoms with Gasteiger partial charge in [-0.25, -0.2) is 0 Å². The Morgan fingerprint density at radius 1 is 1.50 bits per heavy atom. The molecule has 1 aromatic heterocycles. The van der Waals surface area contributed by atoms with Crippen molar-refractivity contribution < 1.29 is 4.42 Å². The van der Waals surface area contributed by atoms with Crippen LogP contribution in [0.4, 0.5) is 0 Å². The molecular weight excluding hydrogens is 180 g/mol. The molecule has 5 heteroatoms. The summed E-state index contributed by atoms with van der Waals surface area (Å²) in [4.78, 5) is 0. The molecule has 1 heterocycles. The summed E-state index contributed by atoms with van der Waals surface area (Å²) in [7, 11) is 0. The van der Waals surface area contributed by atoms with Crippen molar-refractivity contribution in [2.45, 2.75) is 33.2 Å². The summed E-state index contributed by atoms with van der Waals surface area (Å²) in [5, 5.41) is 15.9. The van der Waals surface area contributed by atoms with E-state index in [-0.39, 0.29) is 17.9 Å². The first-order valence-corrected chi connectivity index (χ1v) is 4.40. The molecule has 0 aliphatic carbocycles. The molecule has 1 aromatic rings. The van der Waals surface area contributed by atoms with Gasteiger partial charge in [0.2, 0.25) is 11.8 Å². The van der Waals surface area contributed by atoms with E-state index in [2.05, 4.69) is 10.2 Å². The minimum atomic E-state index is -0.303. The average molecular weight is 194 g/mol. The number of aromatic nitrogens is 2. The molecule has 0 aliphatic rings. The van der Waals surface area contributed by atoms with Gasteiger partial charge in [0.25, 0.3) is 0 Å². The quantitative estimate of drug-likeness (QED) is 0.763. The second-order valence-corrected chi connectivity index (χ2v) is 4.21. The van der Waals surface area contributed by atoms with Crippen LogP contribution in [0.1, 0.15) is 38.6 Å². The Bertz CT molecular complexity index is 344. The van der Waals surface area contributed by atoms with Gasteiger partial charge in [-0.1, -0.05) is 20.8 Å². The second-order valence-electron chi connectivity index (χ2n) is 4.21. The maximum Gasteiger partial charge on any atom is 0.233 e. The van der Waals surface area contributed by atoms with E-state index in [0.717, 1.165) is 0 Å². The lowest BCUT2D eigenvalue weighted by Crippen LogP contribution is -2.26. The maximum absolute atomic E-state index is 8.42. The topological polar surface area (TPSA) is 88.7 Å². The number of nitrogens with zero attached hydrogens (tertiary/aromatic N) is 3. The fourth-order valence-electron chi connectivity index (χ4n) is 0.902. The predicted molar refractivity (Wildman–Crippen MR) is 50.0 cm³/mol. The molecule has 0 spiro atoms. The highest BCUT2D eigenvalue weighted by atomic mass is 16.4. The van der Waals surface area contributed by atoms with Crippen LogP contribution < -0.4 is 5.73 Å². The van der Waals surface area contributed by atoms with Crippen molar-refractivity contribution in [1.82, 2.24) is 10.2 Å². The first kappa shape index (κ1) is 10.7. The van der Waals surface area contributed by atoms with Crippen molar-refractivity contribution in [3.8, 4) is 6.07 Å². The Morgan fingerprint density at radius 3 is 2.64 bits per heavy atom. The molecular formula is C9H14N4O. The summed E-state index contributed by atoms with van der Waals surface area (Å²) >= 11 is 0. The standard InChI is InChI=1S/C9H14N4O/c1-9(2,3)7(11)8-13-12-6(14-8)4-5-10/h7H,4,11H2,1-3H3/t7-/m0/s1. The highest BCUT2D eigenvalue weighted by Crippen LogP contribution is 2.29. The van der Waals surface area contributed by atoms with Gasteiger partial charge in [0.05, 0.1) is 12.1 Å². The number of hydrogen-bond acceptors (Lipinski definition) is 5. The first-order chi connectivity index (χ1) is 6.45. The molecule has 76 valence electrons. The van der Waals surface area contributed by atoms with Crippen LogP contribution in [-0.2, 0) is 6.42 Å². The monoisotopic (exact) mass is 194 g/mol. The van der Waals surface area contributed by atoms with Crippen molar-refractivity contribution in [1.29, 1.82) is 5.26 Å². The first-order valence-electron chi connectivity index (χ1n) is 4.40. The van der Waals surface area contributed by atoms with Crippen molar-refractivity contribution >= 4 is 0 Å². The van der Waals surface area contributed by atoms with E-state index in [4.69, 9.17) is 15.4 Å². The summed E-state index contributed by atoms with van der Waals surface area (Å²) in [6, 6.07) is 1.63. The van der Waals surface area contributed by atoms with E-state index >= 15 is 0 Å². The van der Waals surface area contributed by atoms with Crippen LogP contribution in [0.2, 0.25) is 0 Å². The smallest absolute Gasteiger partial charge is 0.233 e. The van der Waals surface area contributed by atoms with E-state index in [9.17, 15) is 0 Å². The van der Waals surface area contributed by atoms with Crippen molar-refractivity contribution in [3.05, 3.63) is 11.8 Å². The molecule has 0 bridgehead atoms. The molecule has 14 heavy (non-hydrogen) atoms. The van der Waals surface area contributed by atoms with Crippen LogP contribution in [0.3, 0.4) is 0 Å². The zero-order valence-corrected chi connectivity index (χ0v) is 8.61. The SMILES string of the molecule is CC(C)(C)[C@@H](N)c1nnc(CC#N)o1. The number of nitrogens with two attached hydrogens (primary N) is 1. The van der Waals surface area contributed by atoms with Gasteiger partial charge in [0, 0.05) is 0 Å². The minimum absolute atomic E-state index is 0.129.